The van der Waals surface area contributed by atoms with Crippen LogP contribution in [0.2, 0.25) is 0 Å². The van der Waals surface area contributed by atoms with Crippen molar-refractivity contribution < 1.29 is 9.18 Å². The summed E-state index contributed by atoms with van der Waals surface area (Å²) in [6.07, 6.45) is 1.52. The molecule has 8 heteroatoms. The van der Waals surface area contributed by atoms with Crippen LogP contribution in [-0.4, -0.2) is 25.9 Å². The fourth-order valence-electron chi connectivity index (χ4n) is 2.45. The van der Waals surface area contributed by atoms with Gasteiger partial charge in [0.1, 0.15) is 11.5 Å². The van der Waals surface area contributed by atoms with E-state index in [1.54, 1.807) is 10.7 Å². The molecule has 24 heavy (non-hydrogen) atoms. The topological polar surface area (TPSA) is 75.6 Å². The number of H-pyrrole nitrogens is 1. The first-order valence-corrected chi connectivity index (χ1v) is 8.03. The maximum atomic E-state index is 13.3. The Morgan fingerprint density at radius 3 is 2.88 bits per heavy atom. The van der Waals surface area contributed by atoms with Crippen LogP contribution in [0.5, 0.6) is 0 Å². The van der Waals surface area contributed by atoms with Crippen LogP contribution in [0.15, 0.2) is 34.9 Å². The molecule has 3 aromatic rings. The molecule has 1 amide bonds. The number of anilines is 1. The van der Waals surface area contributed by atoms with Crippen molar-refractivity contribution in [2.24, 2.45) is 0 Å². The smallest absolute Gasteiger partial charge is 0.274 e. The summed E-state index contributed by atoms with van der Waals surface area (Å²) in [5, 5.41) is 13.7. The van der Waals surface area contributed by atoms with E-state index in [-0.39, 0.29) is 11.7 Å². The third-order valence-electron chi connectivity index (χ3n) is 3.66. The number of carbonyl (C=O) groups excluding carboxylic acids is 1. The Morgan fingerprint density at radius 1 is 1.42 bits per heavy atom. The number of nitrogens with zero attached hydrogens (tertiary/aromatic N) is 3. The minimum atomic E-state index is -0.309. The zero-order valence-electron chi connectivity index (χ0n) is 13.1. The molecule has 3 rings (SSSR count). The first-order valence-electron chi connectivity index (χ1n) is 7.24. The normalized spacial score (nSPS) is 10.8. The highest BCUT2D eigenvalue weighted by molar-refractivity contribution is 9.10. The van der Waals surface area contributed by atoms with Gasteiger partial charge in [-0.2, -0.15) is 10.2 Å². The number of aromatic amines is 1. The summed E-state index contributed by atoms with van der Waals surface area (Å²) in [6, 6.07) is 6.36. The van der Waals surface area contributed by atoms with Gasteiger partial charge in [-0.15, -0.1) is 0 Å². The molecule has 124 valence electrons. The van der Waals surface area contributed by atoms with E-state index in [0.29, 0.717) is 28.1 Å². The van der Waals surface area contributed by atoms with E-state index in [9.17, 15) is 9.18 Å². The van der Waals surface area contributed by atoms with Gasteiger partial charge in [0.2, 0.25) is 0 Å². The van der Waals surface area contributed by atoms with E-state index >= 15 is 0 Å². The highest BCUT2D eigenvalue weighted by atomic mass is 79.9. The van der Waals surface area contributed by atoms with Crippen LogP contribution < -0.4 is 5.32 Å². The lowest BCUT2D eigenvalue weighted by atomic mass is 10.2. The molecule has 0 aliphatic carbocycles. The maximum absolute atomic E-state index is 13.3. The molecule has 0 unspecified atom stereocenters. The summed E-state index contributed by atoms with van der Waals surface area (Å²) in [5.41, 5.74) is 3.26. The van der Waals surface area contributed by atoms with Crippen molar-refractivity contribution in [2.75, 3.05) is 5.32 Å². The molecule has 2 heterocycles. The van der Waals surface area contributed by atoms with Gasteiger partial charge in [0.05, 0.1) is 34.3 Å². The van der Waals surface area contributed by atoms with Crippen LogP contribution in [0.25, 0.3) is 0 Å². The summed E-state index contributed by atoms with van der Waals surface area (Å²) >= 11 is 3.26. The van der Waals surface area contributed by atoms with Crippen LogP contribution >= 0.6 is 15.9 Å². The van der Waals surface area contributed by atoms with Crippen LogP contribution in [-0.2, 0) is 6.54 Å². The number of amides is 1. The summed E-state index contributed by atoms with van der Waals surface area (Å²) in [7, 11) is 0. The number of benzene rings is 1. The highest BCUT2D eigenvalue weighted by Gasteiger charge is 2.18. The number of rotatable bonds is 4. The van der Waals surface area contributed by atoms with Crippen molar-refractivity contribution in [1.82, 2.24) is 20.0 Å². The standard InChI is InChI=1S/C16H15BrFN5O/c1-9-14(20-16(24)15-13(17)7-19-21-15)10(2)23(22-9)8-11-4-3-5-12(18)6-11/h3-7H,8H2,1-2H3,(H,19,21)(H,20,24). The summed E-state index contributed by atoms with van der Waals surface area (Å²) in [6.45, 7) is 4.09. The SMILES string of the molecule is Cc1nn(Cc2cccc(F)c2)c(C)c1NC(=O)c1[nH]ncc1Br. The number of hydrogen-bond acceptors (Lipinski definition) is 3. The zero-order chi connectivity index (χ0) is 17.3. The largest absolute Gasteiger partial charge is 0.317 e. The van der Waals surface area contributed by atoms with Gasteiger partial charge in [-0.1, -0.05) is 12.1 Å². The summed E-state index contributed by atoms with van der Waals surface area (Å²) < 4.78 is 15.6. The first-order chi connectivity index (χ1) is 11.5. The molecular weight excluding hydrogens is 377 g/mol. The molecule has 0 bridgehead atoms. The number of aryl methyl sites for hydroxylation is 1. The molecule has 1 aromatic carbocycles. The predicted octanol–water partition coefficient (Wildman–Crippen LogP) is 3.43. The van der Waals surface area contributed by atoms with Gasteiger partial charge in [0, 0.05) is 0 Å². The van der Waals surface area contributed by atoms with E-state index in [1.807, 2.05) is 19.9 Å². The molecule has 0 aliphatic heterocycles. The third kappa shape index (κ3) is 3.23. The maximum Gasteiger partial charge on any atom is 0.274 e. The molecule has 2 N–H and O–H groups in total. The molecule has 0 aliphatic rings. The van der Waals surface area contributed by atoms with E-state index < -0.39 is 0 Å². The molecule has 0 saturated carbocycles. The van der Waals surface area contributed by atoms with E-state index in [4.69, 9.17) is 0 Å². The predicted molar refractivity (Wildman–Crippen MR) is 91.4 cm³/mol. The number of halogens is 2. The van der Waals surface area contributed by atoms with E-state index in [0.717, 1.165) is 11.3 Å². The van der Waals surface area contributed by atoms with Crippen LogP contribution in [0.3, 0.4) is 0 Å². The lowest BCUT2D eigenvalue weighted by Gasteiger charge is -2.07. The molecule has 6 nitrogen and oxygen atoms in total. The van der Waals surface area contributed by atoms with Crippen molar-refractivity contribution in [3.63, 3.8) is 0 Å². The molecule has 2 aromatic heterocycles. The second-order valence-electron chi connectivity index (χ2n) is 5.38. The average Bonchev–Trinajstić information content (AvgIpc) is 3.06. The van der Waals surface area contributed by atoms with Gasteiger partial charge in [-0.05, 0) is 47.5 Å². The van der Waals surface area contributed by atoms with Crippen molar-refractivity contribution in [2.45, 2.75) is 20.4 Å². The van der Waals surface area contributed by atoms with Crippen LogP contribution in [0.4, 0.5) is 10.1 Å². The second-order valence-corrected chi connectivity index (χ2v) is 6.23. The minimum absolute atomic E-state index is 0.286. The quantitative estimate of drug-likeness (QED) is 0.715. The Hall–Kier alpha value is -2.48. The fraction of sp³-hybridized carbons (Fsp3) is 0.188. The number of hydrogen-bond donors (Lipinski definition) is 2. The Labute approximate surface area is 146 Å². The van der Waals surface area contributed by atoms with Crippen molar-refractivity contribution in [3.8, 4) is 0 Å². The van der Waals surface area contributed by atoms with Gasteiger partial charge in [0.15, 0.2) is 0 Å². The van der Waals surface area contributed by atoms with Crippen LogP contribution in [0.1, 0.15) is 27.4 Å². The van der Waals surface area contributed by atoms with E-state index in [2.05, 4.69) is 36.5 Å². The first kappa shape index (κ1) is 16.4. The van der Waals surface area contributed by atoms with Crippen molar-refractivity contribution >= 4 is 27.5 Å². The van der Waals surface area contributed by atoms with Crippen molar-refractivity contribution in [3.05, 3.63) is 63.4 Å². The molecule has 0 radical (unpaired) electrons. The number of carbonyl (C=O) groups is 1. The lowest BCUT2D eigenvalue weighted by molar-refractivity contribution is 0.102. The van der Waals surface area contributed by atoms with Gasteiger partial charge < -0.3 is 5.32 Å². The third-order valence-corrected chi connectivity index (χ3v) is 4.26. The molecule has 0 fully saturated rings. The van der Waals surface area contributed by atoms with E-state index in [1.165, 1.54) is 18.3 Å². The Morgan fingerprint density at radius 2 is 2.21 bits per heavy atom. The monoisotopic (exact) mass is 391 g/mol. The minimum Gasteiger partial charge on any atom is -0.317 e. The fourth-order valence-corrected chi connectivity index (χ4v) is 2.82. The van der Waals surface area contributed by atoms with Gasteiger partial charge in [-0.25, -0.2) is 4.39 Å². The zero-order valence-corrected chi connectivity index (χ0v) is 14.7. The van der Waals surface area contributed by atoms with Gasteiger partial charge in [0.25, 0.3) is 5.91 Å². The summed E-state index contributed by atoms with van der Waals surface area (Å²) in [4.78, 5) is 12.3. The van der Waals surface area contributed by atoms with Crippen LogP contribution in [0, 0.1) is 19.7 Å². The molecule has 0 atom stereocenters. The second kappa shape index (κ2) is 6.56. The summed E-state index contributed by atoms with van der Waals surface area (Å²) in [5.74, 6) is -0.595. The number of aromatic nitrogens is 4. The Kier molecular flexibility index (Phi) is 4.48. The molecule has 0 spiro atoms. The highest BCUT2D eigenvalue weighted by Crippen LogP contribution is 2.22. The van der Waals surface area contributed by atoms with Gasteiger partial charge in [-0.3, -0.25) is 14.6 Å². The average molecular weight is 392 g/mol. The lowest BCUT2D eigenvalue weighted by Crippen LogP contribution is -2.14. The Bertz CT molecular complexity index is 902. The number of nitrogens with one attached hydrogen (secondary N) is 2. The Balaban J connectivity index is 1.84. The van der Waals surface area contributed by atoms with Crippen molar-refractivity contribution in [1.29, 1.82) is 0 Å². The molecular formula is C16H15BrFN5O. The molecule has 0 saturated heterocycles. The van der Waals surface area contributed by atoms with Gasteiger partial charge >= 0.3 is 0 Å².